The number of thioether (sulfide) groups is 1. The quantitative estimate of drug-likeness (QED) is 0.336. The molecule has 0 spiro atoms. The van der Waals surface area contributed by atoms with Crippen LogP contribution in [0.5, 0.6) is 0 Å². The first-order chi connectivity index (χ1) is 15.1. The molecule has 4 aromatic rings. The van der Waals surface area contributed by atoms with Crippen LogP contribution < -0.4 is 0 Å². The molecule has 0 radical (unpaired) electrons. The summed E-state index contributed by atoms with van der Waals surface area (Å²) in [5, 5.41) is 9.72. The molecule has 5 nitrogen and oxygen atoms in total. The minimum atomic E-state index is -4.36. The van der Waals surface area contributed by atoms with Crippen molar-refractivity contribution in [1.29, 1.82) is 0 Å². The van der Waals surface area contributed by atoms with Crippen molar-refractivity contribution in [2.24, 2.45) is 0 Å². The van der Waals surface area contributed by atoms with Crippen molar-refractivity contribution in [3.63, 3.8) is 0 Å². The zero-order valence-electron chi connectivity index (χ0n) is 17.1. The van der Waals surface area contributed by atoms with Crippen molar-refractivity contribution in [3.05, 3.63) is 64.4 Å². The highest BCUT2D eigenvalue weighted by molar-refractivity contribution is 7.98. The maximum Gasteiger partial charge on any atom is 0.416 e. The van der Waals surface area contributed by atoms with Crippen molar-refractivity contribution < 1.29 is 23.1 Å². The highest BCUT2D eigenvalue weighted by atomic mass is 32.2. The van der Waals surface area contributed by atoms with Crippen LogP contribution in [-0.2, 0) is 23.3 Å². The predicted octanol–water partition coefficient (Wildman–Crippen LogP) is 6.17. The third kappa shape index (κ3) is 4.66. The van der Waals surface area contributed by atoms with Crippen molar-refractivity contribution >= 4 is 40.1 Å². The fraction of sp³-hybridized carbons (Fsp3) is 0.227. The first kappa shape index (κ1) is 22.3. The SMILES string of the molecule is Cc1cc2c(cc1SCc1sc(-c3ccc(C(F)(F)F)cc3)nc1C)ncn2CC(=O)O. The van der Waals surface area contributed by atoms with Gasteiger partial charge in [0.2, 0.25) is 0 Å². The molecule has 2 aromatic heterocycles. The zero-order chi connectivity index (χ0) is 23.0. The molecule has 10 heteroatoms. The van der Waals surface area contributed by atoms with Crippen LogP contribution in [-0.4, -0.2) is 25.6 Å². The first-order valence-corrected chi connectivity index (χ1v) is 11.4. The number of fused-ring (bicyclic) bond motifs is 1. The summed E-state index contributed by atoms with van der Waals surface area (Å²) in [4.78, 5) is 21.9. The van der Waals surface area contributed by atoms with Gasteiger partial charge in [-0.3, -0.25) is 4.79 Å². The molecular formula is C22H18F3N3O2S2. The van der Waals surface area contributed by atoms with Crippen LogP contribution in [0.25, 0.3) is 21.6 Å². The number of aromatic nitrogens is 3. The van der Waals surface area contributed by atoms with Gasteiger partial charge in [0.1, 0.15) is 11.6 Å². The molecule has 0 aliphatic rings. The number of benzene rings is 2. The number of aryl methyl sites for hydroxylation is 2. The van der Waals surface area contributed by atoms with E-state index in [1.165, 1.54) is 29.8 Å². The average molecular weight is 478 g/mol. The Balaban J connectivity index is 1.52. The Kier molecular flexibility index (Phi) is 6.00. The highest BCUT2D eigenvalue weighted by Crippen LogP contribution is 2.36. The Hall–Kier alpha value is -2.85. The minimum absolute atomic E-state index is 0.144. The number of hydrogen-bond donors (Lipinski definition) is 1. The number of alkyl halides is 3. The highest BCUT2D eigenvalue weighted by Gasteiger charge is 2.30. The lowest BCUT2D eigenvalue weighted by Gasteiger charge is -2.07. The fourth-order valence-corrected chi connectivity index (χ4v) is 5.50. The second kappa shape index (κ2) is 8.59. The zero-order valence-corrected chi connectivity index (χ0v) is 18.7. The second-order valence-electron chi connectivity index (χ2n) is 7.26. The van der Waals surface area contributed by atoms with E-state index in [0.717, 1.165) is 44.2 Å². The van der Waals surface area contributed by atoms with E-state index in [9.17, 15) is 18.0 Å². The van der Waals surface area contributed by atoms with E-state index < -0.39 is 17.7 Å². The Morgan fingerprint density at radius 2 is 1.91 bits per heavy atom. The summed E-state index contributed by atoms with van der Waals surface area (Å²) in [6.07, 6.45) is -2.84. The number of nitrogens with zero attached hydrogens (tertiary/aromatic N) is 3. The van der Waals surface area contributed by atoms with E-state index >= 15 is 0 Å². The van der Waals surface area contributed by atoms with Gasteiger partial charge in [-0.1, -0.05) is 12.1 Å². The van der Waals surface area contributed by atoms with Crippen molar-refractivity contribution in [2.75, 3.05) is 0 Å². The van der Waals surface area contributed by atoms with E-state index in [-0.39, 0.29) is 6.54 Å². The molecule has 2 heterocycles. The molecule has 0 aliphatic carbocycles. The van der Waals surface area contributed by atoms with E-state index in [2.05, 4.69) is 9.97 Å². The van der Waals surface area contributed by atoms with Crippen molar-refractivity contribution in [3.8, 4) is 10.6 Å². The van der Waals surface area contributed by atoms with Gasteiger partial charge in [0.05, 0.1) is 28.6 Å². The lowest BCUT2D eigenvalue weighted by molar-refractivity contribution is -0.138. The molecule has 0 amide bonds. The summed E-state index contributed by atoms with van der Waals surface area (Å²) in [7, 11) is 0. The van der Waals surface area contributed by atoms with Crippen LogP contribution in [0.1, 0.15) is 21.7 Å². The molecule has 0 saturated heterocycles. The van der Waals surface area contributed by atoms with Gasteiger partial charge in [0, 0.05) is 21.1 Å². The van der Waals surface area contributed by atoms with Crippen LogP contribution in [0.15, 0.2) is 47.6 Å². The second-order valence-corrected chi connectivity index (χ2v) is 9.36. The maximum atomic E-state index is 12.8. The number of thiazole rings is 1. The summed E-state index contributed by atoms with van der Waals surface area (Å²) >= 11 is 3.09. The van der Waals surface area contributed by atoms with Gasteiger partial charge in [-0.15, -0.1) is 23.1 Å². The van der Waals surface area contributed by atoms with Gasteiger partial charge in [-0.2, -0.15) is 13.2 Å². The Morgan fingerprint density at radius 1 is 1.19 bits per heavy atom. The number of aliphatic carboxylic acids is 1. The van der Waals surface area contributed by atoms with E-state index in [1.807, 2.05) is 26.0 Å². The van der Waals surface area contributed by atoms with Gasteiger partial charge in [-0.05, 0) is 43.7 Å². The lowest BCUT2D eigenvalue weighted by atomic mass is 10.1. The Morgan fingerprint density at radius 3 is 2.56 bits per heavy atom. The number of hydrogen-bond acceptors (Lipinski definition) is 5. The average Bonchev–Trinajstić information content (AvgIpc) is 3.28. The molecule has 0 saturated carbocycles. The van der Waals surface area contributed by atoms with E-state index in [4.69, 9.17) is 5.11 Å². The number of carboxylic acids is 1. The number of carbonyl (C=O) groups is 1. The molecule has 4 rings (SSSR count). The molecule has 166 valence electrons. The number of carboxylic acid groups (broad SMARTS) is 1. The monoisotopic (exact) mass is 477 g/mol. The summed E-state index contributed by atoms with van der Waals surface area (Å²) in [5.41, 5.74) is 3.34. The van der Waals surface area contributed by atoms with Gasteiger partial charge in [0.25, 0.3) is 0 Å². The van der Waals surface area contributed by atoms with Gasteiger partial charge >= 0.3 is 12.1 Å². The van der Waals surface area contributed by atoms with Crippen molar-refractivity contribution in [2.45, 2.75) is 37.2 Å². The smallest absolute Gasteiger partial charge is 0.416 e. The number of imidazole rings is 1. The van der Waals surface area contributed by atoms with Gasteiger partial charge in [0.15, 0.2) is 0 Å². The third-order valence-electron chi connectivity index (χ3n) is 4.93. The molecule has 0 atom stereocenters. The van der Waals surface area contributed by atoms with Gasteiger partial charge < -0.3 is 9.67 Å². The normalized spacial score (nSPS) is 11.9. The van der Waals surface area contributed by atoms with Crippen LogP contribution in [0.2, 0.25) is 0 Å². The third-order valence-corrected chi connectivity index (χ3v) is 7.51. The Bertz CT molecular complexity index is 1290. The molecular weight excluding hydrogens is 459 g/mol. The number of halogens is 3. The molecule has 0 unspecified atom stereocenters. The van der Waals surface area contributed by atoms with E-state index in [0.29, 0.717) is 16.3 Å². The van der Waals surface area contributed by atoms with Crippen LogP contribution in [0.4, 0.5) is 13.2 Å². The summed E-state index contributed by atoms with van der Waals surface area (Å²) in [6.45, 7) is 3.71. The largest absolute Gasteiger partial charge is 0.480 e. The molecule has 2 aromatic carbocycles. The molecule has 0 aliphatic heterocycles. The van der Waals surface area contributed by atoms with Crippen LogP contribution in [0.3, 0.4) is 0 Å². The topological polar surface area (TPSA) is 68.0 Å². The van der Waals surface area contributed by atoms with Crippen LogP contribution in [0, 0.1) is 13.8 Å². The maximum absolute atomic E-state index is 12.8. The van der Waals surface area contributed by atoms with Crippen molar-refractivity contribution in [1.82, 2.24) is 14.5 Å². The van der Waals surface area contributed by atoms with Crippen LogP contribution >= 0.6 is 23.1 Å². The molecule has 0 fully saturated rings. The lowest BCUT2D eigenvalue weighted by Crippen LogP contribution is -2.07. The summed E-state index contributed by atoms with van der Waals surface area (Å²) in [5.74, 6) is -0.267. The standard InChI is InChI=1S/C22H18F3N3O2S2/c1-12-7-17-16(26-11-28(17)9-20(29)30)8-18(12)31-10-19-13(2)27-21(32-19)14-3-5-15(6-4-14)22(23,24)25/h3-8,11H,9-10H2,1-2H3,(H,29,30). The summed E-state index contributed by atoms with van der Waals surface area (Å²) in [6, 6.07) is 8.92. The Labute approximate surface area is 189 Å². The van der Waals surface area contributed by atoms with E-state index in [1.54, 1.807) is 16.3 Å². The fourth-order valence-electron chi connectivity index (χ4n) is 3.25. The number of rotatable bonds is 6. The minimum Gasteiger partial charge on any atom is -0.480 e. The summed E-state index contributed by atoms with van der Waals surface area (Å²) < 4.78 is 40.0. The molecule has 32 heavy (non-hydrogen) atoms. The molecule has 0 bridgehead atoms. The predicted molar refractivity (Wildman–Crippen MR) is 119 cm³/mol. The molecule has 1 N–H and O–H groups in total. The first-order valence-electron chi connectivity index (χ1n) is 9.56. The van der Waals surface area contributed by atoms with Gasteiger partial charge in [-0.25, -0.2) is 9.97 Å².